The molecule has 0 aromatic rings. The Morgan fingerprint density at radius 3 is 1.92 bits per heavy atom. The first-order valence-corrected chi connectivity index (χ1v) is 3.47. The van der Waals surface area contributed by atoms with E-state index in [9.17, 15) is 22.0 Å². The Kier molecular flexibility index (Phi) is 1.83. The molecule has 1 fully saturated rings. The summed E-state index contributed by atoms with van der Waals surface area (Å²) in [5, 5.41) is 0. The van der Waals surface area contributed by atoms with Crippen LogP contribution in [0.15, 0.2) is 24.8 Å². The molecule has 1 aliphatic rings. The quantitative estimate of drug-likeness (QED) is 0.472. The van der Waals surface area contributed by atoms with Crippen LogP contribution in [0.2, 0.25) is 0 Å². The van der Waals surface area contributed by atoms with Crippen LogP contribution in [-0.2, 0) is 0 Å². The molecule has 0 spiro atoms. The van der Waals surface area contributed by atoms with Crippen molar-refractivity contribution in [2.45, 2.75) is 23.9 Å². The third-order valence-electron chi connectivity index (χ3n) is 2.17. The lowest BCUT2D eigenvalue weighted by Gasteiger charge is -2.50. The predicted molar refractivity (Wildman–Crippen MR) is 37.7 cm³/mol. The van der Waals surface area contributed by atoms with E-state index in [0.29, 0.717) is 0 Å². The molecule has 0 radical (unpaired) electrons. The number of halogens is 5. The Labute approximate surface area is 71.7 Å². The maximum absolute atomic E-state index is 13.2. The molecule has 13 heavy (non-hydrogen) atoms. The molecule has 0 amide bonds. The Morgan fingerprint density at radius 2 is 1.62 bits per heavy atom. The molecule has 0 nitrogen and oxygen atoms in total. The third-order valence-corrected chi connectivity index (χ3v) is 2.17. The summed E-state index contributed by atoms with van der Waals surface area (Å²) in [4.78, 5) is 0. The van der Waals surface area contributed by atoms with Crippen LogP contribution in [0.25, 0.3) is 0 Å². The normalized spacial score (nSPS) is 35.3. The first-order valence-electron chi connectivity index (χ1n) is 3.47. The van der Waals surface area contributed by atoms with E-state index in [1.54, 1.807) is 0 Å². The molecule has 1 saturated carbocycles. The standard InChI is InChI=1S/C8H7F5/c1-3-4-6(9)5(2)7(10,11)8(6,12)13/h3H,1-2,4H2. The molecule has 0 heterocycles. The predicted octanol–water partition coefficient (Wildman–Crippen LogP) is 3.11. The number of hydrogen-bond donors (Lipinski definition) is 0. The zero-order chi connectivity index (χ0) is 10.5. The molecule has 0 bridgehead atoms. The monoisotopic (exact) mass is 198 g/mol. The smallest absolute Gasteiger partial charge is 0.231 e. The van der Waals surface area contributed by atoms with Gasteiger partial charge in [-0.3, -0.25) is 0 Å². The van der Waals surface area contributed by atoms with Crippen LogP contribution >= 0.6 is 0 Å². The van der Waals surface area contributed by atoms with Crippen molar-refractivity contribution < 1.29 is 22.0 Å². The van der Waals surface area contributed by atoms with Gasteiger partial charge in [0.05, 0.1) is 0 Å². The second kappa shape index (κ2) is 2.33. The molecular formula is C8H7F5. The molecule has 1 aliphatic carbocycles. The second-order valence-electron chi connectivity index (χ2n) is 2.92. The van der Waals surface area contributed by atoms with Crippen LogP contribution in [0.1, 0.15) is 6.42 Å². The lowest BCUT2D eigenvalue weighted by molar-refractivity contribution is -0.307. The van der Waals surface area contributed by atoms with Gasteiger partial charge in [0.15, 0.2) is 0 Å². The van der Waals surface area contributed by atoms with Gasteiger partial charge >= 0.3 is 11.8 Å². The van der Waals surface area contributed by atoms with Crippen molar-refractivity contribution in [1.82, 2.24) is 0 Å². The van der Waals surface area contributed by atoms with E-state index >= 15 is 0 Å². The van der Waals surface area contributed by atoms with Gasteiger partial charge in [0, 0.05) is 12.0 Å². The van der Waals surface area contributed by atoms with Crippen molar-refractivity contribution in [2.24, 2.45) is 0 Å². The lowest BCUT2D eigenvalue weighted by atomic mass is 9.68. The Balaban J connectivity index is 3.06. The van der Waals surface area contributed by atoms with Gasteiger partial charge in [0.2, 0.25) is 5.67 Å². The summed E-state index contributed by atoms with van der Waals surface area (Å²) in [6.07, 6.45) is -0.0250. The van der Waals surface area contributed by atoms with Crippen molar-refractivity contribution in [3.05, 3.63) is 24.8 Å². The first-order chi connectivity index (χ1) is 5.72. The van der Waals surface area contributed by atoms with Crippen molar-refractivity contribution in [3.8, 4) is 0 Å². The molecule has 1 unspecified atom stereocenters. The summed E-state index contributed by atoms with van der Waals surface area (Å²) >= 11 is 0. The third kappa shape index (κ3) is 0.845. The lowest BCUT2D eigenvalue weighted by Crippen LogP contribution is -2.70. The molecule has 0 aromatic carbocycles. The SMILES string of the molecule is C=CCC1(F)C(=C)C(F)(F)C1(F)F. The summed E-state index contributed by atoms with van der Waals surface area (Å²) < 4.78 is 63.1. The summed E-state index contributed by atoms with van der Waals surface area (Å²) in [5.41, 5.74) is -4.71. The molecule has 0 N–H and O–H groups in total. The van der Waals surface area contributed by atoms with E-state index in [-0.39, 0.29) is 0 Å². The fourth-order valence-electron chi connectivity index (χ4n) is 1.26. The maximum Gasteiger partial charge on any atom is 0.351 e. The molecule has 5 heteroatoms. The van der Waals surface area contributed by atoms with Crippen molar-refractivity contribution in [2.75, 3.05) is 0 Å². The number of hydrogen-bond acceptors (Lipinski definition) is 0. The highest BCUT2D eigenvalue weighted by atomic mass is 19.3. The fraction of sp³-hybridized carbons (Fsp3) is 0.500. The molecule has 74 valence electrons. The van der Waals surface area contributed by atoms with Gasteiger partial charge in [0.1, 0.15) is 0 Å². The molecule has 0 aliphatic heterocycles. The van der Waals surface area contributed by atoms with Gasteiger partial charge in [-0.2, -0.15) is 17.6 Å². The van der Waals surface area contributed by atoms with Crippen LogP contribution in [0.3, 0.4) is 0 Å². The van der Waals surface area contributed by atoms with E-state index in [1.807, 2.05) is 0 Å². The molecule has 1 rings (SSSR count). The van der Waals surface area contributed by atoms with Crippen molar-refractivity contribution >= 4 is 0 Å². The van der Waals surface area contributed by atoms with Gasteiger partial charge in [0.25, 0.3) is 0 Å². The number of allylic oxidation sites excluding steroid dienone is 2. The van der Waals surface area contributed by atoms with Crippen LogP contribution < -0.4 is 0 Å². The summed E-state index contributed by atoms with van der Waals surface area (Å²) in [6.45, 7) is 5.64. The fourth-order valence-corrected chi connectivity index (χ4v) is 1.26. The van der Waals surface area contributed by atoms with E-state index < -0.39 is 29.5 Å². The summed E-state index contributed by atoms with van der Waals surface area (Å²) in [6, 6.07) is 0. The minimum Gasteiger partial charge on any atom is -0.231 e. The van der Waals surface area contributed by atoms with Crippen LogP contribution in [0.5, 0.6) is 0 Å². The van der Waals surface area contributed by atoms with E-state index in [2.05, 4.69) is 13.2 Å². The summed E-state index contributed by atoms with van der Waals surface area (Å²) in [7, 11) is 0. The highest BCUT2D eigenvalue weighted by Crippen LogP contribution is 2.64. The van der Waals surface area contributed by atoms with Crippen LogP contribution in [-0.4, -0.2) is 17.5 Å². The van der Waals surface area contributed by atoms with E-state index in [0.717, 1.165) is 6.08 Å². The van der Waals surface area contributed by atoms with Gasteiger partial charge < -0.3 is 0 Å². The molecule has 0 saturated heterocycles. The van der Waals surface area contributed by atoms with E-state index in [4.69, 9.17) is 0 Å². The number of alkyl halides is 5. The van der Waals surface area contributed by atoms with E-state index in [1.165, 1.54) is 0 Å². The topological polar surface area (TPSA) is 0 Å². The molecule has 1 atom stereocenters. The van der Waals surface area contributed by atoms with Gasteiger partial charge in [-0.25, -0.2) is 4.39 Å². The number of rotatable bonds is 2. The van der Waals surface area contributed by atoms with Gasteiger partial charge in [-0.1, -0.05) is 12.7 Å². The second-order valence-corrected chi connectivity index (χ2v) is 2.92. The zero-order valence-electron chi connectivity index (χ0n) is 6.59. The van der Waals surface area contributed by atoms with Crippen molar-refractivity contribution in [3.63, 3.8) is 0 Å². The Bertz CT molecular complexity index is 268. The Morgan fingerprint density at radius 1 is 1.15 bits per heavy atom. The highest BCUT2D eigenvalue weighted by Gasteiger charge is 2.84. The largest absolute Gasteiger partial charge is 0.351 e. The first kappa shape index (κ1) is 10.2. The zero-order valence-corrected chi connectivity index (χ0v) is 6.59. The van der Waals surface area contributed by atoms with Gasteiger partial charge in [-0.05, 0) is 0 Å². The van der Waals surface area contributed by atoms with Crippen LogP contribution in [0, 0.1) is 0 Å². The Hall–Kier alpha value is -0.870. The minimum absolute atomic E-state index is 0.828. The minimum atomic E-state index is -4.68. The summed E-state index contributed by atoms with van der Waals surface area (Å²) in [5.74, 6) is -9.12. The van der Waals surface area contributed by atoms with Crippen molar-refractivity contribution in [1.29, 1.82) is 0 Å². The maximum atomic E-state index is 13.2. The molecular weight excluding hydrogens is 191 g/mol. The van der Waals surface area contributed by atoms with Crippen LogP contribution in [0.4, 0.5) is 22.0 Å². The average Bonchev–Trinajstić information content (AvgIpc) is 2.02. The molecule has 0 aromatic heterocycles. The van der Waals surface area contributed by atoms with Gasteiger partial charge in [-0.15, -0.1) is 6.58 Å². The average molecular weight is 198 g/mol. The highest BCUT2D eigenvalue weighted by molar-refractivity contribution is 5.42.